The molecule has 4 N–H and O–H groups in total. The van der Waals surface area contributed by atoms with Gasteiger partial charge in [-0.2, -0.15) is 0 Å². The van der Waals surface area contributed by atoms with Gasteiger partial charge in [0, 0.05) is 5.69 Å². The normalized spacial score (nSPS) is 10.9. The van der Waals surface area contributed by atoms with Gasteiger partial charge in [0.25, 0.3) is 0 Å². The quantitative estimate of drug-likeness (QED) is 0.691. The standard InChI is InChI=1S/C11H16N2/c1-9-6-10(4-2-3-5-12)8-11(13)7-9/h2,4,6-8H,3,5,12-13H2,1H3. The number of aryl methyl sites for hydroxylation is 1. The highest BCUT2D eigenvalue weighted by atomic mass is 14.5. The van der Waals surface area contributed by atoms with E-state index in [1.54, 1.807) is 0 Å². The first-order valence-electron chi connectivity index (χ1n) is 4.46. The van der Waals surface area contributed by atoms with Crippen molar-refractivity contribution in [3.8, 4) is 0 Å². The molecule has 0 fully saturated rings. The lowest BCUT2D eigenvalue weighted by Crippen LogP contribution is -1.95. The summed E-state index contributed by atoms with van der Waals surface area (Å²) in [6.07, 6.45) is 5.03. The Morgan fingerprint density at radius 1 is 1.31 bits per heavy atom. The van der Waals surface area contributed by atoms with E-state index in [1.807, 2.05) is 19.1 Å². The Bertz CT molecular complexity index is 283. The van der Waals surface area contributed by atoms with Gasteiger partial charge in [0.05, 0.1) is 0 Å². The van der Waals surface area contributed by atoms with Crippen LogP contribution >= 0.6 is 0 Å². The average molecular weight is 176 g/mol. The van der Waals surface area contributed by atoms with E-state index in [4.69, 9.17) is 11.5 Å². The van der Waals surface area contributed by atoms with Gasteiger partial charge in [0.1, 0.15) is 0 Å². The van der Waals surface area contributed by atoms with Crippen LogP contribution in [0.25, 0.3) is 6.08 Å². The van der Waals surface area contributed by atoms with E-state index in [-0.39, 0.29) is 0 Å². The molecular weight excluding hydrogens is 160 g/mol. The van der Waals surface area contributed by atoms with Gasteiger partial charge in [-0.3, -0.25) is 0 Å². The van der Waals surface area contributed by atoms with Crippen molar-refractivity contribution in [2.24, 2.45) is 5.73 Å². The second kappa shape index (κ2) is 4.67. The molecule has 0 bridgehead atoms. The molecule has 0 radical (unpaired) electrons. The van der Waals surface area contributed by atoms with Crippen LogP contribution < -0.4 is 11.5 Å². The van der Waals surface area contributed by atoms with Crippen molar-refractivity contribution >= 4 is 11.8 Å². The summed E-state index contributed by atoms with van der Waals surface area (Å²) in [7, 11) is 0. The molecule has 0 atom stereocenters. The van der Waals surface area contributed by atoms with Crippen LogP contribution in [0.2, 0.25) is 0 Å². The molecule has 0 heterocycles. The molecule has 1 rings (SSSR count). The monoisotopic (exact) mass is 176 g/mol. The summed E-state index contributed by atoms with van der Waals surface area (Å²) < 4.78 is 0. The summed E-state index contributed by atoms with van der Waals surface area (Å²) in [5.74, 6) is 0. The van der Waals surface area contributed by atoms with Crippen molar-refractivity contribution in [1.82, 2.24) is 0 Å². The van der Waals surface area contributed by atoms with E-state index in [0.29, 0.717) is 6.54 Å². The number of hydrogen-bond donors (Lipinski definition) is 2. The largest absolute Gasteiger partial charge is 0.399 e. The summed E-state index contributed by atoms with van der Waals surface area (Å²) in [5, 5.41) is 0. The molecule has 1 aromatic rings. The molecule has 0 saturated heterocycles. The van der Waals surface area contributed by atoms with Crippen molar-refractivity contribution in [1.29, 1.82) is 0 Å². The topological polar surface area (TPSA) is 52.0 Å². The second-order valence-corrected chi connectivity index (χ2v) is 3.16. The Morgan fingerprint density at radius 2 is 2.08 bits per heavy atom. The fourth-order valence-electron chi connectivity index (χ4n) is 1.26. The van der Waals surface area contributed by atoms with Gasteiger partial charge in [-0.05, 0) is 43.1 Å². The molecule has 2 nitrogen and oxygen atoms in total. The first-order valence-corrected chi connectivity index (χ1v) is 4.46. The highest BCUT2D eigenvalue weighted by Gasteiger charge is 1.91. The zero-order valence-corrected chi connectivity index (χ0v) is 7.96. The molecule has 13 heavy (non-hydrogen) atoms. The van der Waals surface area contributed by atoms with Gasteiger partial charge in [-0.1, -0.05) is 18.2 Å². The van der Waals surface area contributed by atoms with Crippen LogP contribution in [0.5, 0.6) is 0 Å². The van der Waals surface area contributed by atoms with E-state index < -0.39 is 0 Å². The molecule has 0 aliphatic carbocycles. The first kappa shape index (κ1) is 9.81. The van der Waals surface area contributed by atoms with Crippen LogP contribution in [0.15, 0.2) is 24.3 Å². The lowest BCUT2D eigenvalue weighted by atomic mass is 10.1. The van der Waals surface area contributed by atoms with Crippen molar-refractivity contribution in [3.63, 3.8) is 0 Å². The summed E-state index contributed by atoms with van der Waals surface area (Å²) in [4.78, 5) is 0. The molecule has 0 unspecified atom stereocenters. The summed E-state index contributed by atoms with van der Waals surface area (Å²) in [6.45, 7) is 2.73. The van der Waals surface area contributed by atoms with Crippen LogP contribution in [0, 0.1) is 6.92 Å². The van der Waals surface area contributed by atoms with Crippen LogP contribution in [0.3, 0.4) is 0 Å². The first-order chi connectivity index (χ1) is 6.22. The summed E-state index contributed by atoms with van der Waals surface area (Å²) in [5.41, 5.74) is 14.2. The molecule has 0 spiro atoms. The Hall–Kier alpha value is -1.28. The van der Waals surface area contributed by atoms with Crippen molar-refractivity contribution in [3.05, 3.63) is 35.4 Å². The lowest BCUT2D eigenvalue weighted by Gasteiger charge is -1.99. The van der Waals surface area contributed by atoms with Gasteiger partial charge >= 0.3 is 0 Å². The van der Waals surface area contributed by atoms with Crippen molar-refractivity contribution in [2.45, 2.75) is 13.3 Å². The minimum Gasteiger partial charge on any atom is -0.399 e. The van der Waals surface area contributed by atoms with Gasteiger partial charge in [0.2, 0.25) is 0 Å². The van der Waals surface area contributed by atoms with E-state index in [0.717, 1.165) is 17.7 Å². The Morgan fingerprint density at radius 3 is 2.69 bits per heavy atom. The maximum Gasteiger partial charge on any atom is 0.0322 e. The minimum absolute atomic E-state index is 0.692. The van der Waals surface area contributed by atoms with E-state index in [1.165, 1.54) is 5.56 Å². The van der Waals surface area contributed by atoms with E-state index >= 15 is 0 Å². The van der Waals surface area contributed by atoms with Crippen molar-refractivity contribution in [2.75, 3.05) is 12.3 Å². The van der Waals surface area contributed by atoms with Crippen molar-refractivity contribution < 1.29 is 0 Å². The fraction of sp³-hybridized carbons (Fsp3) is 0.273. The zero-order chi connectivity index (χ0) is 9.68. The number of anilines is 1. The molecule has 0 aliphatic rings. The van der Waals surface area contributed by atoms with Gasteiger partial charge in [0.15, 0.2) is 0 Å². The van der Waals surface area contributed by atoms with Crippen LogP contribution in [-0.4, -0.2) is 6.54 Å². The predicted octanol–water partition coefficient (Wildman–Crippen LogP) is 1.94. The molecule has 0 saturated carbocycles. The van der Waals surface area contributed by atoms with Gasteiger partial charge < -0.3 is 11.5 Å². The Labute approximate surface area is 79.2 Å². The van der Waals surface area contributed by atoms with Crippen LogP contribution in [-0.2, 0) is 0 Å². The summed E-state index contributed by atoms with van der Waals surface area (Å²) in [6, 6.07) is 6.02. The zero-order valence-electron chi connectivity index (χ0n) is 7.96. The van der Waals surface area contributed by atoms with Gasteiger partial charge in [-0.25, -0.2) is 0 Å². The maximum atomic E-state index is 5.71. The van der Waals surface area contributed by atoms with Gasteiger partial charge in [-0.15, -0.1) is 0 Å². The fourth-order valence-corrected chi connectivity index (χ4v) is 1.26. The van der Waals surface area contributed by atoms with Crippen LogP contribution in [0.1, 0.15) is 17.5 Å². The maximum absolute atomic E-state index is 5.71. The molecule has 0 aromatic heterocycles. The van der Waals surface area contributed by atoms with Crippen LogP contribution in [0.4, 0.5) is 5.69 Å². The highest BCUT2D eigenvalue weighted by Crippen LogP contribution is 2.12. The SMILES string of the molecule is Cc1cc(N)cc(C=CCCN)c1. The molecule has 0 aliphatic heterocycles. The molecule has 2 heteroatoms. The number of benzene rings is 1. The third kappa shape index (κ3) is 3.30. The predicted molar refractivity (Wildman–Crippen MR) is 58.3 cm³/mol. The molecule has 1 aromatic carbocycles. The lowest BCUT2D eigenvalue weighted by molar-refractivity contribution is 1.01. The second-order valence-electron chi connectivity index (χ2n) is 3.16. The highest BCUT2D eigenvalue weighted by molar-refractivity contribution is 5.57. The third-order valence-corrected chi connectivity index (χ3v) is 1.77. The molecular formula is C11H16N2. The Kier molecular flexibility index (Phi) is 3.53. The summed E-state index contributed by atoms with van der Waals surface area (Å²) >= 11 is 0. The van der Waals surface area contributed by atoms with E-state index in [2.05, 4.69) is 18.2 Å². The number of nitrogen functional groups attached to an aromatic ring is 1. The number of rotatable bonds is 3. The molecule has 70 valence electrons. The number of nitrogens with two attached hydrogens (primary N) is 2. The Balaban J connectivity index is 2.77. The average Bonchev–Trinajstić information content (AvgIpc) is 2.03. The van der Waals surface area contributed by atoms with E-state index in [9.17, 15) is 0 Å². The smallest absolute Gasteiger partial charge is 0.0322 e. The third-order valence-electron chi connectivity index (χ3n) is 1.77. The minimum atomic E-state index is 0.692. The molecule has 0 amide bonds. The number of hydrogen-bond acceptors (Lipinski definition) is 2.